The second kappa shape index (κ2) is 12.7. The van der Waals surface area contributed by atoms with E-state index in [0.29, 0.717) is 40.2 Å². The summed E-state index contributed by atoms with van der Waals surface area (Å²) in [7, 11) is -3.50. The molecule has 0 aromatic heterocycles. The van der Waals surface area contributed by atoms with Gasteiger partial charge in [-0.05, 0) is 59.0 Å². The Morgan fingerprint density at radius 3 is 2.46 bits per heavy atom. The van der Waals surface area contributed by atoms with Crippen LogP contribution < -0.4 is 5.32 Å². The van der Waals surface area contributed by atoms with Gasteiger partial charge in [-0.1, -0.05) is 65.1 Å². The molecule has 1 aliphatic heterocycles. The van der Waals surface area contributed by atoms with Gasteiger partial charge in [0, 0.05) is 36.9 Å². The molecule has 0 radical (unpaired) electrons. The fraction of sp³-hybridized carbons (Fsp3) is 0.207. The third kappa shape index (κ3) is 7.29. The van der Waals surface area contributed by atoms with Crippen LogP contribution in [0, 0.1) is 0 Å². The fourth-order valence-electron chi connectivity index (χ4n) is 4.49. The molecule has 0 fully saturated rings. The molecule has 0 saturated heterocycles. The zero-order valence-electron chi connectivity index (χ0n) is 21.7. The third-order valence-corrected chi connectivity index (χ3v) is 8.79. The summed E-state index contributed by atoms with van der Waals surface area (Å²) in [5.41, 5.74) is 2.38. The summed E-state index contributed by atoms with van der Waals surface area (Å²) in [6, 6.07) is 13.2. The van der Waals surface area contributed by atoms with E-state index in [1.165, 1.54) is 24.3 Å². The second-order valence-electron chi connectivity index (χ2n) is 9.54. The normalized spacial score (nSPS) is 14.0. The van der Waals surface area contributed by atoms with Crippen LogP contribution in [-0.2, 0) is 38.8 Å². The summed E-state index contributed by atoms with van der Waals surface area (Å²) in [5, 5.41) is 12.8. The Labute approximate surface area is 252 Å². The van der Waals surface area contributed by atoms with Crippen LogP contribution in [-0.4, -0.2) is 55.1 Å². The number of fused-ring (bicyclic) bond motifs is 1. The van der Waals surface area contributed by atoms with Gasteiger partial charge in [-0.3, -0.25) is 9.59 Å². The van der Waals surface area contributed by atoms with Crippen molar-refractivity contribution >= 4 is 68.5 Å². The Morgan fingerprint density at radius 1 is 1.05 bits per heavy atom. The molecule has 0 unspecified atom stereocenters. The second-order valence-corrected chi connectivity index (χ2v) is 12.7. The van der Waals surface area contributed by atoms with Crippen molar-refractivity contribution in [3.8, 4) is 0 Å². The van der Waals surface area contributed by atoms with Crippen molar-refractivity contribution in [1.29, 1.82) is 0 Å². The Hall–Kier alpha value is -3.37. The smallest absolute Gasteiger partial charge is 0.326 e. The molecule has 2 N–H and O–H groups in total. The highest BCUT2D eigenvalue weighted by molar-refractivity contribution is 7.90. The minimum atomic E-state index is -3.50. The quantitative estimate of drug-likeness (QED) is 0.334. The zero-order chi connectivity index (χ0) is 29.9. The molecule has 1 aliphatic rings. The van der Waals surface area contributed by atoms with Gasteiger partial charge in [-0.25, -0.2) is 13.2 Å². The molecule has 0 saturated carbocycles. The van der Waals surface area contributed by atoms with Gasteiger partial charge in [-0.15, -0.1) is 0 Å². The Kier molecular flexibility index (Phi) is 9.44. The first-order valence-corrected chi connectivity index (χ1v) is 15.4. The van der Waals surface area contributed by atoms with Crippen molar-refractivity contribution in [3.63, 3.8) is 0 Å². The number of carboxylic acids is 1. The molecule has 0 aliphatic carbocycles. The van der Waals surface area contributed by atoms with E-state index >= 15 is 0 Å². The number of hydrogen-bond donors (Lipinski definition) is 2. The molecule has 3 aromatic carbocycles. The van der Waals surface area contributed by atoms with Crippen molar-refractivity contribution in [1.82, 2.24) is 10.2 Å². The summed E-state index contributed by atoms with van der Waals surface area (Å²) in [5.74, 6) is -2.32. The van der Waals surface area contributed by atoms with E-state index in [4.69, 9.17) is 34.8 Å². The standard InChI is InChI=1S/C29H25Cl3N2O6S/c1-41(39,40)20-7-4-5-17(13-20)14-24(29(37)38)33-28(36)26-23(31)15-19-16-34(12-11-21(19)27(26)32)25(35)10-9-18-6-2-3-8-22(18)30/h2-10,13,15,24H,11-12,14,16H2,1H3,(H,33,36)(H,37,38)/t24-/m0/s1. The summed E-state index contributed by atoms with van der Waals surface area (Å²) in [4.78, 5) is 39.7. The van der Waals surface area contributed by atoms with Crippen molar-refractivity contribution in [2.45, 2.75) is 30.3 Å². The minimum Gasteiger partial charge on any atom is -0.480 e. The van der Waals surface area contributed by atoms with Crippen molar-refractivity contribution in [3.05, 3.63) is 104 Å². The molecule has 0 bridgehead atoms. The summed E-state index contributed by atoms with van der Waals surface area (Å²) < 4.78 is 23.8. The molecule has 4 rings (SSSR count). The predicted molar refractivity (Wildman–Crippen MR) is 158 cm³/mol. The maximum absolute atomic E-state index is 13.2. The van der Waals surface area contributed by atoms with Crippen molar-refractivity contribution in [2.75, 3.05) is 12.8 Å². The first-order chi connectivity index (χ1) is 19.3. The van der Waals surface area contributed by atoms with Gasteiger partial charge in [0.15, 0.2) is 9.84 Å². The van der Waals surface area contributed by atoms with E-state index in [2.05, 4.69) is 5.32 Å². The summed E-state index contributed by atoms with van der Waals surface area (Å²) >= 11 is 19.2. The van der Waals surface area contributed by atoms with Crippen LogP contribution in [0.3, 0.4) is 0 Å². The number of nitrogens with zero attached hydrogens (tertiary/aromatic N) is 1. The number of rotatable bonds is 8. The van der Waals surface area contributed by atoms with Crippen molar-refractivity contribution in [2.24, 2.45) is 0 Å². The van der Waals surface area contributed by atoms with E-state index in [0.717, 1.165) is 6.26 Å². The zero-order valence-corrected chi connectivity index (χ0v) is 24.8. The highest BCUT2D eigenvalue weighted by Gasteiger charge is 2.29. The fourth-order valence-corrected chi connectivity index (χ4v) is 6.15. The Morgan fingerprint density at radius 2 is 1.78 bits per heavy atom. The minimum absolute atomic E-state index is 0.00960. The van der Waals surface area contributed by atoms with E-state index in [1.807, 2.05) is 6.07 Å². The molecule has 1 atom stereocenters. The number of carbonyl (C=O) groups is 3. The van der Waals surface area contributed by atoms with E-state index in [9.17, 15) is 27.9 Å². The van der Waals surface area contributed by atoms with Gasteiger partial charge < -0.3 is 15.3 Å². The van der Waals surface area contributed by atoms with Gasteiger partial charge in [0.2, 0.25) is 5.91 Å². The van der Waals surface area contributed by atoms with Crippen LogP contribution in [0.1, 0.15) is 32.6 Å². The first-order valence-electron chi connectivity index (χ1n) is 12.4. The maximum atomic E-state index is 13.2. The lowest BCUT2D eigenvalue weighted by Crippen LogP contribution is -2.42. The summed E-state index contributed by atoms with van der Waals surface area (Å²) in [6.45, 7) is 0.562. The molecule has 12 heteroatoms. The maximum Gasteiger partial charge on any atom is 0.326 e. The lowest BCUT2D eigenvalue weighted by atomic mass is 9.96. The first kappa shape index (κ1) is 30.6. The lowest BCUT2D eigenvalue weighted by Gasteiger charge is -2.29. The molecule has 8 nitrogen and oxygen atoms in total. The number of aliphatic carboxylic acids is 1. The number of carbonyl (C=O) groups excluding carboxylic acids is 2. The van der Waals surface area contributed by atoms with Gasteiger partial charge in [0.25, 0.3) is 5.91 Å². The number of benzene rings is 3. The number of carboxylic acid groups (broad SMARTS) is 1. The molecule has 2 amide bonds. The molecule has 1 heterocycles. The molecule has 214 valence electrons. The van der Waals surface area contributed by atoms with E-state index < -0.39 is 27.8 Å². The highest BCUT2D eigenvalue weighted by atomic mass is 35.5. The van der Waals surface area contributed by atoms with Crippen molar-refractivity contribution < 1.29 is 27.9 Å². The van der Waals surface area contributed by atoms with Gasteiger partial charge in [0.05, 0.1) is 20.5 Å². The highest BCUT2D eigenvalue weighted by Crippen LogP contribution is 2.35. The number of halogens is 3. The monoisotopic (exact) mass is 634 g/mol. The number of hydrogen-bond acceptors (Lipinski definition) is 5. The van der Waals surface area contributed by atoms with E-state index in [1.54, 1.807) is 41.3 Å². The van der Waals surface area contributed by atoms with Crippen LogP contribution in [0.4, 0.5) is 0 Å². The average Bonchev–Trinajstić information content (AvgIpc) is 2.91. The van der Waals surface area contributed by atoms with Crippen LogP contribution >= 0.6 is 34.8 Å². The molecule has 0 spiro atoms. The molecule has 41 heavy (non-hydrogen) atoms. The molecular formula is C29H25Cl3N2O6S. The van der Waals surface area contributed by atoms with Crippen LogP contribution in [0.15, 0.2) is 65.6 Å². The SMILES string of the molecule is CS(=O)(=O)c1cccc(C[C@H](NC(=O)c2c(Cl)cc3c(c2Cl)CCN(C(=O)C=Cc2ccccc2Cl)C3)C(=O)O)c1. The van der Waals surface area contributed by atoms with Gasteiger partial charge in [0.1, 0.15) is 6.04 Å². The van der Waals surface area contributed by atoms with Crippen LogP contribution in [0.5, 0.6) is 0 Å². The lowest BCUT2D eigenvalue weighted by molar-refractivity contribution is -0.139. The van der Waals surface area contributed by atoms with Crippen LogP contribution in [0.25, 0.3) is 6.08 Å². The average molecular weight is 636 g/mol. The van der Waals surface area contributed by atoms with E-state index in [-0.39, 0.29) is 39.4 Å². The number of nitrogens with one attached hydrogen (secondary N) is 1. The Balaban J connectivity index is 1.51. The molecule has 3 aromatic rings. The number of sulfone groups is 1. The van der Waals surface area contributed by atoms with Gasteiger partial charge in [-0.2, -0.15) is 0 Å². The topological polar surface area (TPSA) is 121 Å². The predicted octanol–water partition coefficient (Wildman–Crippen LogP) is 5.07. The third-order valence-electron chi connectivity index (χ3n) is 6.62. The number of amides is 2. The molecular weight excluding hydrogens is 611 g/mol. The summed E-state index contributed by atoms with van der Waals surface area (Å²) in [6.07, 6.45) is 4.33. The van der Waals surface area contributed by atoms with Gasteiger partial charge >= 0.3 is 5.97 Å². The Bertz CT molecular complexity index is 1670. The largest absolute Gasteiger partial charge is 0.480 e. The van der Waals surface area contributed by atoms with Crippen LogP contribution in [0.2, 0.25) is 15.1 Å².